The molecule has 0 N–H and O–H groups in total. The lowest BCUT2D eigenvalue weighted by Crippen LogP contribution is -2.31. The summed E-state index contributed by atoms with van der Waals surface area (Å²) in [5.74, 6) is -0.349. The molecule has 0 aromatic carbocycles. The predicted octanol–water partition coefficient (Wildman–Crippen LogP) is 3.00. The summed E-state index contributed by atoms with van der Waals surface area (Å²) >= 11 is 11.5. The van der Waals surface area contributed by atoms with Gasteiger partial charge in [0.25, 0.3) is 0 Å². The maximum atomic E-state index is 11.2. The predicted molar refractivity (Wildman–Crippen MR) is 57.5 cm³/mol. The summed E-state index contributed by atoms with van der Waals surface area (Å²) in [6.07, 6.45) is 3.18. The molecule has 0 saturated carbocycles. The number of ketones is 1. The molecule has 0 aromatic heterocycles. The van der Waals surface area contributed by atoms with Gasteiger partial charge in [-0.1, -0.05) is 23.2 Å². The van der Waals surface area contributed by atoms with Crippen LogP contribution in [0.2, 0.25) is 0 Å². The summed E-state index contributed by atoms with van der Waals surface area (Å²) < 4.78 is 5.59. The summed E-state index contributed by atoms with van der Waals surface area (Å²) in [6, 6.07) is 0. The van der Waals surface area contributed by atoms with Gasteiger partial charge in [-0.05, 0) is 32.9 Å². The van der Waals surface area contributed by atoms with E-state index in [4.69, 9.17) is 27.9 Å². The quantitative estimate of drug-likeness (QED) is 0.735. The maximum absolute atomic E-state index is 11.2. The van der Waals surface area contributed by atoms with Gasteiger partial charge in [-0.3, -0.25) is 4.79 Å². The summed E-state index contributed by atoms with van der Waals surface area (Å²) in [5, 5.41) is 0.223. The normalized spacial score (nSPS) is 20.9. The van der Waals surface area contributed by atoms with Gasteiger partial charge in [-0.2, -0.15) is 0 Å². The molecule has 1 aliphatic carbocycles. The highest BCUT2D eigenvalue weighted by molar-refractivity contribution is 6.55. The second kappa shape index (κ2) is 4.05. The highest BCUT2D eigenvalue weighted by atomic mass is 35.5. The number of ether oxygens (including phenoxy) is 1. The summed E-state index contributed by atoms with van der Waals surface area (Å²) in [7, 11) is 0. The van der Waals surface area contributed by atoms with Crippen LogP contribution < -0.4 is 0 Å². The first kappa shape index (κ1) is 11.8. The molecule has 0 saturated heterocycles. The fourth-order valence-electron chi connectivity index (χ4n) is 1.37. The average Bonchev–Trinajstić information content (AvgIpc) is 1.97. The van der Waals surface area contributed by atoms with Crippen LogP contribution in [0.15, 0.2) is 22.2 Å². The summed E-state index contributed by atoms with van der Waals surface area (Å²) in [4.78, 5) is 11.2. The fourth-order valence-corrected chi connectivity index (χ4v) is 2.05. The molecular formula is C10H12Cl2O2. The average molecular weight is 235 g/mol. The third-order valence-electron chi connectivity index (χ3n) is 1.75. The zero-order valence-corrected chi connectivity index (χ0v) is 9.82. The van der Waals surface area contributed by atoms with Crippen molar-refractivity contribution in [3.63, 3.8) is 0 Å². The van der Waals surface area contributed by atoms with Crippen LogP contribution in [0.1, 0.15) is 20.8 Å². The number of Topliss-reactive ketones (excluding diaryl/α,β-unsaturated/α-hetero) is 1. The topological polar surface area (TPSA) is 26.3 Å². The molecule has 0 aliphatic heterocycles. The first-order valence-electron chi connectivity index (χ1n) is 4.33. The van der Waals surface area contributed by atoms with Gasteiger partial charge in [-0.25, -0.2) is 0 Å². The Hall–Kier alpha value is -0.310. The van der Waals surface area contributed by atoms with Crippen LogP contribution in [0.5, 0.6) is 0 Å². The summed E-state index contributed by atoms with van der Waals surface area (Å²) in [6.45, 7) is 5.63. The van der Waals surface area contributed by atoms with Crippen LogP contribution in [-0.2, 0) is 9.53 Å². The minimum Gasteiger partial charge on any atom is -0.364 e. The molecule has 14 heavy (non-hydrogen) atoms. The second-order valence-corrected chi connectivity index (χ2v) is 4.48. The summed E-state index contributed by atoms with van der Waals surface area (Å²) in [5.41, 5.74) is -0.684. The highest BCUT2D eigenvalue weighted by Gasteiger charge is 2.30. The Morgan fingerprint density at radius 1 is 1.29 bits per heavy atom. The molecule has 0 spiro atoms. The van der Waals surface area contributed by atoms with Crippen LogP contribution in [0.25, 0.3) is 0 Å². The van der Waals surface area contributed by atoms with Crippen molar-refractivity contribution in [2.45, 2.75) is 32.5 Å². The van der Waals surface area contributed by atoms with E-state index in [-0.39, 0.29) is 22.0 Å². The Bertz CT molecular complexity index is 294. The number of carbonyl (C=O) groups is 1. The molecule has 0 fully saturated rings. The Labute approximate surface area is 93.5 Å². The molecule has 0 unspecified atom stereocenters. The van der Waals surface area contributed by atoms with E-state index in [9.17, 15) is 4.79 Å². The van der Waals surface area contributed by atoms with E-state index >= 15 is 0 Å². The molecule has 0 bridgehead atoms. The number of hydrogen-bond acceptors (Lipinski definition) is 2. The zero-order valence-electron chi connectivity index (χ0n) is 8.30. The van der Waals surface area contributed by atoms with E-state index in [0.29, 0.717) is 0 Å². The van der Waals surface area contributed by atoms with E-state index in [2.05, 4.69) is 0 Å². The van der Waals surface area contributed by atoms with Gasteiger partial charge in [0, 0.05) is 0 Å². The van der Waals surface area contributed by atoms with Crippen molar-refractivity contribution in [3.05, 3.63) is 22.2 Å². The minimum atomic E-state index is -0.684. The largest absolute Gasteiger partial charge is 0.364 e. The Balaban J connectivity index is 2.97. The van der Waals surface area contributed by atoms with E-state index < -0.39 is 5.60 Å². The fraction of sp³-hybridized carbons (Fsp3) is 0.500. The number of allylic oxidation sites excluding steroid dienone is 2. The molecule has 0 amide bonds. The lowest BCUT2D eigenvalue weighted by molar-refractivity contribution is -0.111. The van der Waals surface area contributed by atoms with Crippen molar-refractivity contribution in [2.75, 3.05) is 0 Å². The van der Waals surface area contributed by atoms with Crippen molar-refractivity contribution in [2.24, 2.45) is 0 Å². The van der Waals surface area contributed by atoms with Crippen LogP contribution in [0, 0.1) is 0 Å². The van der Waals surface area contributed by atoms with Gasteiger partial charge in [0.15, 0.2) is 0 Å². The van der Waals surface area contributed by atoms with E-state index in [1.807, 2.05) is 20.8 Å². The molecule has 0 radical (unpaired) electrons. The molecule has 1 rings (SSSR count). The highest BCUT2D eigenvalue weighted by Crippen LogP contribution is 2.30. The van der Waals surface area contributed by atoms with E-state index in [0.717, 1.165) is 0 Å². The van der Waals surface area contributed by atoms with Crippen LogP contribution in [-0.4, -0.2) is 17.5 Å². The number of halogens is 2. The standard InChI is InChI=1S/C10H12Cl2O2/c1-6(2)14-10(3)4-7(11)9(13)8(12)5-10/h4-6H,1-3H3. The van der Waals surface area contributed by atoms with Crippen LogP contribution >= 0.6 is 23.2 Å². The molecule has 0 aromatic rings. The molecule has 0 atom stereocenters. The first-order valence-corrected chi connectivity index (χ1v) is 5.09. The van der Waals surface area contributed by atoms with E-state index in [1.54, 1.807) is 12.2 Å². The van der Waals surface area contributed by atoms with Gasteiger partial charge < -0.3 is 4.74 Å². The zero-order chi connectivity index (χ0) is 10.9. The first-order chi connectivity index (χ1) is 6.34. The van der Waals surface area contributed by atoms with E-state index in [1.165, 1.54) is 0 Å². The van der Waals surface area contributed by atoms with Gasteiger partial charge in [-0.15, -0.1) is 0 Å². The Kier molecular flexibility index (Phi) is 3.40. The number of carbonyl (C=O) groups excluding carboxylic acids is 1. The number of hydrogen-bond donors (Lipinski definition) is 0. The molecule has 1 aliphatic rings. The molecular weight excluding hydrogens is 223 g/mol. The Morgan fingerprint density at radius 3 is 2.07 bits per heavy atom. The van der Waals surface area contributed by atoms with Crippen molar-refractivity contribution in [1.82, 2.24) is 0 Å². The lowest BCUT2D eigenvalue weighted by atomic mass is 9.99. The Morgan fingerprint density at radius 2 is 1.71 bits per heavy atom. The smallest absolute Gasteiger partial charge is 0.215 e. The SMILES string of the molecule is CC(C)OC1(C)C=C(Cl)C(=O)C(Cl)=C1. The molecule has 4 heteroatoms. The van der Waals surface area contributed by atoms with Crippen LogP contribution in [0.4, 0.5) is 0 Å². The molecule has 0 heterocycles. The van der Waals surface area contributed by atoms with Crippen molar-refractivity contribution >= 4 is 29.0 Å². The maximum Gasteiger partial charge on any atom is 0.215 e. The third-order valence-corrected chi connectivity index (χ3v) is 2.31. The number of rotatable bonds is 2. The lowest BCUT2D eigenvalue weighted by Gasteiger charge is -2.28. The third kappa shape index (κ3) is 2.59. The van der Waals surface area contributed by atoms with Crippen LogP contribution in [0.3, 0.4) is 0 Å². The van der Waals surface area contributed by atoms with Crippen molar-refractivity contribution in [3.8, 4) is 0 Å². The van der Waals surface area contributed by atoms with Gasteiger partial charge in [0.2, 0.25) is 5.78 Å². The van der Waals surface area contributed by atoms with Gasteiger partial charge in [0.05, 0.1) is 16.2 Å². The molecule has 2 nitrogen and oxygen atoms in total. The van der Waals surface area contributed by atoms with Crippen molar-refractivity contribution in [1.29, 1.82) is 0 Å². The van der Waals surface area contributed by atoms with Crippen molar-refractivity contribution < 1.29 is 9.53 Å². The van der Waals surface area contributed by atoms with Gasteiger partial charge >= 0.3 is 0 Å². The van der Waals surface area contributed by atoms with Gasteiger partial charge in [0.1, 0.15) is 5.60 Å². The molecule has 78 valence electrons. The monoisotopic (exact) mass is 234 g/mol. The second-order valence-electron chi connectivity index (χ2n) is 3.66. The minimum absolute atomic E-state index is 0.0367.